The van der Waals surface area contributed by atoms with Gasteiger partial charge in [-0.15, -0.1) is 0 Å². The highest BCUT2D eigenvalue weighted by Gasteiger charge is 2.16. The Labute approximate surface area is 191 Å². The summed E-state index contributed by atoms with van der Waals surface area (Å²) in [7, 11) is 0. The second-order valence-electron chi connectivity index (χ2n) is 7.49. The molecule has 1 saturated heterocycles. The molecule has 2 aromatic heterocycles. The Kier molecular flexibility index (Phi) is 6.57. The van der Waals surface area contributed by atoms with Crippen molar-refractivity contribution in [2.24, 2.45) is 4.99 Å². The fourth-order valence-electron chi connectivity index (χ4n) is 3.59. The monoisotopic (exact) mass is 441 g/mol. The summed E-state index contributed by atoms with van der Waals surface area (Å²) in [5.41, 5.74) is 4.74. The van der Waals surface area contributed by atoms with Crippen molar-refractivity contribution < 1.29 is 9.53 Å². The standard InChI is InChI=1S/C24H23N7O2/c1-16(11-20(15-26-2)31-7-9-33-10-8-31)17-3-6-22-21(12-17)23(30-29-22)24(32)28-19-5-4-18(13-25)27-14-19/h3-6,11-12,14-15H,2,7-10H2,1H3,(H,28,32)(H,29,30)/b16-11+,20-15+. The van der Waals surface area contributed by atoms with Gasteiger partial charge >= 0.3 is 0 Å². The number of ether oxygens (including phenoxy) is 1. The number of carbonyl (C=O) groups is 1. The number of H-pyrrole nitrogens is 1. The molecule has 1 fully saturated rings. The zero-order valence-electron chi connectivity index (χ0n) is 18.2. The Hall–Kier alpha value is -4.29. The summed E-state index contributed by atoms with van der Waals surface area (Å²) >= 11 is 0. The van der Waals surface area contributed by atoms with Gasteiger partial charge in [-0.1, -0.05) is 6.07 Å². The van der Waals surface area contributed by atoms with Crippen LogP contribution in [0.3, 0.4) is 0 Å². The molecule has 3 aromatic rings. The van der Waals surface area contributed by atoms with E-state index in [2.05, 4.69) is 43.2 Å². The van der Waals surface area contributed by atoms with Crippen molar-refractivity contribution >= 4 is 34.8 Å². The lowest BCUT2D eigenvalue weighted by molar-refractivity contribution is 0.0553. The number of nitrogens with zero attached hydrogens (tertiary/aromatic N) is 5. The maximum Gasteiger partial charge on any atom is 0.276 e. The van der Waals surface area contributed by atoms with Crippen LogP contribution in [0, 0.1) is 11.3 Å². The molecular weight excluding hydrogens is 418 g/mol. The van der Waals surface area contributed by atoms with E-state index < -0.39 is 0 Å². The Morgan fingerprint density at radius 2 is 2.15 bits per heavy atom. The van der Waals surface area contributed by atoms with Gasteiger partial charge in [0, 0.05) is 24.7 Å². The highest BCUT2D eigenvalue weighted by Crippen LogP contribution is 2.25. The number of aromatic amines is 1. The van der Waals surface area contributed by atoms with Gasteiger partial charge in [0.05, 0.1) is 36.3 Å². The van der Waals surface area contributed by atoms with E-state index in [0.717, 1.165) is 35.4 Å². The van der Waals surface area contributed by atoms with Crippen molar-refractivity contribution in [2.75, 3.05) is 31.6 Å². The molecule has 1 aliphatic heterocycles. The van der Waals surface area contributed by atoms with Crippen LogP contribution in [-0.4, -0.2) is 59.0 Å². The second kappa shape index (κ2) is 9.89. The van der Waals surface area contributed by atoms with E-state index in [9.17, 15) is 4.79 Å². The van der Waals surface area contributed by atoms with Crippen LogP contribution >= 0.6 is 0 Å². The number of fused-ring (bicyclic) bond motifs is 1. The molecule has 0 spiro atoms. The molecule has 1 aliphatic rings. The molecule has 1 aromatic carbocycles. The molecule has 0 radical (unpaired) electrons. The van der Waals surface area contributed by atoms with E-state index in [1.54, 1.807) is 18.3 Å². The molecule has 166 valence electrons. The van der Waals surface area contributed by atoms with Crippen LogP contribution in [0.25, 0.3) is 16.5 Å². The minimum atomic E-state index is -0.365. The van der Waals surface area contributed by atoms with E-state index in [-0.39, 0.29) is 17.3 Å². The van der Waals surface area contributed by atoms with Gasteiger partial charge in [-0.05, 0) is 55.1 Å². The van der Waals surface area contributed by atoms with Crippen molar-refractivity contribution in [3.63, 3.8) is 0 Å². The number of aromatic nitrogens is 3. The zero-order valence-corrected chi connectivity index (χ0v) is 18.2. The van der Waals surface area contributed by atoms with Gasteiger partial charge in [-0.3, -0.25) is 14.9 Å². The quantitative estimate of drug-likeness (QED) is 0.447. The summed E-state index contributed by atoms with van der Waals surface area (Å²) in [5.74, 6) is -0.365. The van der Waals surface area contributed by atoms with Crippen LogP contribution in [0.5, 0.6) is 0 Å². The summed E-state index contributed by atoms with van der Waals surface area (Å²) in [4.78, 5) is 23.0. The van der Waals surface area contributed by atoms with E-state index in [1.807, 2.05) is 31.2 Å². The van der Waals surface area contributed by atoms with Crippen LogP contribution < -0.4 is 5.32 Å². The van der Waals surface area contributed by atoms with Crippen molar-refractivity contribution in [3.8, 4) is 6.07 Å². The number of rotatable bonds is 6. The van der Waals surface area contributed by atoms with Crippen molar-refractivity contribution in [1.82, 2.24) is 20.1 Å². The molecule has 4 rings (SSSR count). The van der Waals surface area contributed by atoms with Crippen LogP contribution in [0.1, 0.15) is 28.7 Å². The number of nitriles is 1. The average molecular weight is 441 g/mol. The number of hydrogen-bond acceptors (Lipinski definition) is 7. The molecule has 1 amide bonds. The van der Waals surface area contributed by atoms with Crippen molar-refractivity contribution in [3.05, 3.63) is 71.5 Å². The van der Waals surface area contributed by atoms with Crippen LogP contribution in [-0.2, 0) is 4.74 Å². The highest BCUT2D eigenvalue weighted by atomic mass is 16.5. The maximum absolute atomic E-state index is 12.8. The SMILES string of the molecule is C=N/C=C(\C=C(/C)c1ccc2[nH]nc(C(=O)Nc3ccc(C#N)nc3)c2c1)N1CCOCC1. The highest BCUT2D eigenvalue weighted by molar-refractivity contribution is 6.11. The van der Waals surface area contributed by atoms with Gasteiger partial charge in [0.1, 0.15) is 11.8 Å². The number of allylic oxidation sites excluding steroid dienone is 2. The molecule has 9 heteroatoms. The molecular formula is C24H23N7O2. The molecule has 9 nitrogen and oxygen atoms in total. The first-order valence-corrected chi connectivity index (χ1v) is 10.4. The molecule has 2 N–H and O–H groups in total. The van der Waals surface area contributed by atoms with Gasteiger partial charge in [0.2, 0.25) is 0 Å². The number of nitrogens with one attached hydrogen (secondary N) is 2. The fourth-order valence-corrected chi connectivity index (χ4v) is 3.59. The largest absolute Gasteiger partial charge is 0.378 e. The lowest BCUT2D eigenvalue weighted by Gasteiger charge is -2.29. The number of morpholine rings is 1. The maximum atomic E-state index is 12.8. The molecule has 3 heterocycles. The number of carbonyl (C=O) groups excluding carboxylic acids is 1. The van der Waals surface area contributed by atoms with Crippen molar-refractivity contribution in [2.45, 2.75) is 6.92 Å². The minimum absolute atomic E-state index is 0.278. The van der Waals surface area contributed by atoms with Gasteiger partial charge in [-0.2, -0.15) is 10.4 Å². The minimum Gasteiger partial charge on any atom is -0.378 e. The number of hydrogen-bond donors (Lipinski definition) is 2. The van der Waals surface area contributed by atoms with Gasteiger partial charge in [-0.25, -0.2) is 4.98 Å². The summed E-state index contributed by atoms with van der Waals surface area (Å²) < 4.78 is 5.44. The van der Waals surface area contributed by atoms with Crippen LogP contribution in [0.2, 0.25) is 0 Å². The van der Waals surface area contributed by atoms with E-state index in [0.29, 0.717) is 24.3 Å². The molecule has 0 aliphatic carbocycles. The van der Waals surface area contributed by atoms with E-state index >= 15 is 0 Å². The number of pyridine rings is 1. The third-order valence-corrected chi connectivity index (χ3v) is 5.33. The molecule has 33 heavy (non-hydrogen) atoms. The summed E-state index contributed by atoms with van der Waals surface area (Å²) in [5, 5.41) is 19.5. The smallest absolute Gasteiger partial charge is 0.276 e. The van der Waals surface area contributed by atoms with Gasteiger partial charge < -0.3 is 15.0 Å². The summed E-state index contributed by atoms with van der Waals surface area (Å²) in [6.45, 7) is 8.54. The first-order valence-electron chi connectivity index (χ1n) is 10.4. The normalized spacial score (nSPS) is 14.7. The fraction of sp³-hybridized carbons (Fsp3) is 0.208. The van der Waals surface area contributed by atoms with E-state index in [1.165, 1.54) is 6.20 Å². The zero-order chi connectivity index (χ0) is 23.2. The predicted molar refractivity (Wildman–Crippen MR) is 127 cm³/mol. The Bertz CT molecular complexity index is 1280. The third kappa shape index (κ3) is 4.97. The molecule has 0 saturated carbocycles. The van der Waals surface area contributed by atoms with Crippen LogP contribution in [0.15, 0.2) is 59.5 Å². The lowest BCUT2D eigenvalue weighted by atomic mass is 10.0. The van der Waals surface area contributed by atoms with Gasteiger partial charge in [0.25, 0.3) is 5.91 Å². The third-order valence-electron chi connectivity index (χ3n) is 5.33. The molecule has 0 bridgehead atoms. The number of aliphatic imine (C=N–C) groups is 1. The molecule has 0 unspecified atom stereocenters. The topological polar surface area (TPSA) is 119 Å². The number of amides is 1. The average Bonchev–Trinajstić information content (AvgIpc) is 3.28. The Morgan fingerprint density at radius 1 is 1.33 bits per heavy atom. The summed E-state index contributed by atoms with van der Waals surface area (Å²) in [6, 6.07) is 10.9. The van der Waals surface area contributed by atoms with Crippen molar-refractivity contribution in [1.29, 1.82) is 5.26 Å². The van der Waals surface area contributed by atoms with E-state index in [4.69, 9.17) is 10.00 Å². The number of anilines is 1. The predicted octanol–water partition coefficient (Wildman–Crippen LogP) is 3.36. The first-order chi connectivity index (χ1) is 16.1. The Balaban J connectivity index is 1.60. The van der Waals surface area contributed by atoms with Crippen LogP contribution in [0.4, 0.5) is 5.69 Å². The van der Waals surface area contributed by atoms with Gasteiger partial charge in [0.15, 0.2) is 5.69 Å². The first kappa shape index (κ1) is 21.9. The Morgan fingerprint density at radius 3 is 2.85 bits per heavy atom. The number of benzene rings is 1. The lowest BCUT2D eigenvalue weighted by Crippen LogP contribution is -2.35. The molecule has 0 atom stereocenters. The second-order valence-corrected chi connectivity index (χ2v) is 7.49. The summed E-state index contributed by atoms with van der Waals surface area (Å²) in [6.07, 6.45) is 5.25.